The summed E-state index contributed by atoms with van der Waals surface area (Å²) in [7, 11) is 0. The number of hydrogen-bond donors (Lipinski definition) is 3. The Hall–Kier alpha value is -3.63. The number of carbonyl (C=O) groups is 5. The number of carbonyl (C=O) groups excluding carboxylic acids is 5. The van der Waals surface area contributed by atoms with Crippen LogP contribution in [0, 0.1) is 0 Å². The van der Waals surface area contributed by atoms with Gasteiger partial charge >= 0.3 is 12.1 Å². The molecule has 0 aliphatic carbocycles. The summed E-state index contributed by atoms with van der Waals surface area (Å²) >= 11 is 0. The maximum atomic E-state index is 13.8. The van der Waals surface area contributed by atoms with Gasteiger partial charge in [-0.15, -0.1) is 0 Å². The predicted molar refractivity (Wildman–Crippen MR) is 137 cm³/mol. The van der Waals surface area contributed by atoms with Crippen LogP contribution in [0.2, 0.25) is 0 Å². The SMILES string of the molecule is CCCN(C(=O)C(CCC(N)=O)NC(=O)OC(C)(C)C)C(C(=O)NCCC(=O)OCC)c1ccccc1. The molecule has 2 unspecified atom stereocenters. The van der Waals surface area contributed by atoms with Crippen LogP contribution in [0.15, 0.2) is 30.3 Å². The van der Waals surface area contributed by atoms with E-state index >= 15 is 0 Å². The van der Waals surface area contributed by atoms with Crippen molar-refractivity contribution in [1.82, 2.24) is 15.5 Å². The second kappa shape index (κ2) is 15.5. The fourth-order valence-electron chi connectivity index (χ4n) is 3.53. The average Bonchev–Trinajstić information content (AvgIpc) is 2.80. The quantitative estimate of drug-likeness (QED) is 0.317. The molecule has 0 bridgehead atoms. The van der Waals surface area contributed by atoms with Crippen molar-refractivity contribution in [3.63, 3.8) is 0 Å². The van der Waals surface area contributed by atoms with Gasteiger partial charge in [0.15, 0.2) is 0 Å². The molecule has 11 nitrogen and oxygen atoms in total. The summed E-state index contributed by atoms with van der Waals surface area (Å²) in [4.78, 5) is 64.2. The number of alkyl carbamates (subject to hydrolysis) is 1. The molecule has 37 heavy (non-hydrogen) atoms. The number of primary amides is 1. The third kappa shape index (κ3) is 11.8. The highest BCUT2D eigenvalue weighted by atomic mass is 16.6. The lowest BCUT2D eigenvalue weighted by Gasteiger charge is -2.34. The molecular weight excluding hydrogens is 480 g/mol. The van der Waals surface area contributed by atoms with Crippen molar-refractivity contribution in [1.29, 1.82) is 0 Å². The zero-order valence-corrected chi connectivity index (χ0v) is 22.4. The van der Waals surface area contributed by atoms with Crippen LogP contribution in [0.5, 0.6) is 0 Å². The van der Waals surface area contributed by atoms with E-state index in [1.54, 1.807) is 58.0 Å². The number of nitrogens with two attached hydrogens (primary N) is 1. The van der Waals surface area contributed by atoms with E-state index < -0.39 is 47.5 Å². The molecule has 4 amide bonds. The first-order valence-electron chi connectivity index (χ1n) is 12.5. The monoisotopic (exact) mass is 520 g/mol. The second-order valence-corrected chi connectivity index (χ2v) is 9.39. The van der Waals surface area contributed by atoms with Gasteiger partial charge in [0.05, 0.1) is 13.0 Å². The normalized spacial score (nSPS) is 12.6. The van der Waals surface area contributed by atoms with Gasteiger partial charge in [-0.2, -0.15) is 0 Å². The molecule has 1 rings (SSSR count). The van der Waals surface area contributed by atoms with E-state index in [9.17, 15) is 24.0 Å². The van der Waals surface area contributed by atoms with E-state index in [1.165, 1.54) is 4.90 Å². The van der Waals surface area contributed by atoms with E-state index in [4.69, 9.17) is 15.2 Å². The van der Waals surface area contributed by atoms with Crippen LogP contribution >= 0.6 is 0 Å². The molecule has 206 valence electrons. The summed E-state index contributed by atoms with van der Waals surface area (Å²) in [6.07, 6.45) is -0.570. The van der Waals surface area contributed by atoms with Gasteiger partial charge in [-0.25, -0.2) is 4.79 Å². The van der Waals surface area contributed by atoms with Gasteiger partial charge in [-0.05, 0) is 46.1 Å². The first-order valence-corrected chi connectivity index (χ1v) is 12.5. The summed E-state index contributed by atoms with van der Waals surface area (Å²) in [6.45, 7) is 9.03. The van der Waals surface area contributed by atoms with Crippen LogP contribution < -0.4 is 16.4 Å². The highest BCUT2D eigenvalue weighted by Crippen LogP contribution is 2.23. The number of hydrogen-bond acceptors (Lipinski definition) is 7. The molecule has 0 fully saturated rings. The average molecular weight is 521 g/mol. The fraction of sp³-hybridized carbons (Fsp3) is 0.577. The maximum Gasteiger partial charge on any atom is 0.408 e. The van der Waals surface area contributed by atoms with Crippen molar-refractivity contribution in [2.75, 3.05) is 19.7 Å². The Bertz CT molecular complexity index is 915. The number of nitrogens with one attached hydrogen (secondary N) is 2. The van der Waals surface area contributed by atoms with Crippen LogP contribution in [0.1, 0.15) is 71.9 Å². The van der Waals surface area contributed by atoms with Gasteiger partial charge in [0, 0.05) is 19.5 Å². The Morgan fingerprint density at radius 1 is 1.03 bits per heavy atom. The third-order valence-corrected chi connectivity index (χ3v) is 5.03. The highest BCUT2D eigenvalue weighted by molar-refractivity contribution is 5.92. The van der Waals surface area contributed by atoms with Crippen LogP contribution in [-0.2, 0) is 28.7 Å². The number of amides is 4. The van der Waals surface area contributed by atoms with Gasteiger partial charge in [-0.1, -0.05) is 37.3 Å². The van der Waals surface area contributed by atoms with Crippen LogP contribution in [0.3, 0.4) is 0 Å². The van der Waals surface area contributed by atoms with Crippen molar-refractivity contribution in [2.24, 2.45) is 5.73 Å². The molecule has 0 spiro atoms. The van der Waals surface area contributed by atoms with Crippen LogP contribution in [0.25, 0.3) is 0 Å². The van der Waals surface area contributed by atoms with Gasteiger partial charge in [0.25, 0.3) is 0 Å². The van der Waals surface area contributed by atoms with Crippen molar-refractivity contribution in [2.45, 2.75) is 78.0 Å². The van der Waals surface area contributed by atoms with Crippen molar-refractivity contribution < 1.29 is 33.4 Å². The Morgan fingerprint density at radius 2 is 1.68 bits per heavy atom. The number of esters is 1. The fourth-order valence-corrected chi connectivity index (χ4v) is 3.53. The van der Waals surface area contributed by atoms with Gasteiger partial charge < -0.3 is 30.7 Å². The minimum Gasteiger partial charge on any atom is -0.466 e. The summed E-state index contributed by atoms with van der Waals surface area (Å²) in [5.74, 6) is -2.15. The summed E-state index contributed by atoms with van der Waals surface area (Å²) in [6, 6.07) is 6.49. The molecule has 2 atom stereocenters. The molecule has 11 heteroatoms. The molecule has 0 saturated heterocycles. The lowest BCUT2D eigenvalue weighted by Crippen LogP contribution is -2.53. The lowest BCUT2D eigenvalue weighted by molar-refractivity contribution is -0.144. The van der Waals surface area contributed by atoms with E-state index in [0.717, 1.165) is 0 Å². The molecule has 1 aromatic rings. The molecule has 0 saturated carbocycles. The Balaban J connectivity index is 3.28. The first kappa shape index (κ1) is 31.4. The first-order chi connectivity index (χ1) is 17.4. The van der Waals surface area contributed by atoms with E-state index in [1.807, 2.05) is 6.92 Å². The number of ether oxygens (including phenoxy) is 2. The maximum absolute atomic E-state index is 13.8. The standard InChI is InChI=1S/C26H40N4O7/c1-6-17-30(24(34)19(13-14-20(27)31)29-25(35)37-26(3,4)5)22(18-11-9-8-10-12-18)23(33)28-16-15-21(32)36-7-2/h8-12,19,22H,6-7,13-17H2,1-5H3,(H2,27,31)(H,28,33)(H,29,35). The third-order valence-electron chi connectivity index (χ3n) is 5.03. The summed E-state index contributed by atoms with van der Waals surface area (Å²) in [5.41, 5.74) is 5.03. The van der Waals surface area contributed by atoms with Crippen LogP contribution in [-0.4, -0.2) is 66.0 Å². The number of nitrogens with zero attached hydrogens (tertiary/aromatic N) is 1. The van der Waals surface area contributed by atoms with Gasteiger partial charge in [0.1, 0.15) is 17.7 Å². The van der Waals surface area contributed by atoms with E-state index in [-0.39, 0.29) is 39.0 Å². The minimum absolute atomic E-state index is 0.0236. The largest absolute Gasteiger partial charge is 0.466 e. The summed E-state index contributed by atoms with van der Waals surface area (Å²) < 4.78 is 10.2. The van der Waals surface area contributed by atoms with Crippen molar-refractivity contribution in [3.8, 4) is 0 Å². The Labute approximate surface area is 218 Å². The second-order valence-electron chi connectivity index (χ2n) is 9.39. The zero-order chi connectivity index (χ0) is 28.0. The Kier molecular flexibility index (Phi) is 13.1. The van der Waals surface area contributed by atoms with Crippen molar-refractivity contribution in [3.05, 3.63) is 35.9 Å². The predicted octanol–water partition coefficient (Wildman–Crippen LogP) is 2.19. The molecule has 0 aliphatic heterocycles. The molecule has 0 heterocycles. The minimum atomic E-state index is -1.16. The summed E-state index contributed by atoms with van der Waals surface area (Å²) in [5, 5.41) is 5.24. The van der Waals surface area contributed by atoms with E-state index in [2.05, 4.69) is 10.6 Å². The van der Waals surface area contributed by atoms with Crippen molar-refractivity contribution >= 4 is 29.8 Å². The topological polar surface area (TPSA) is 157 Å². The zero-order valence-electron chi connectivity index (χ0n) is 22.4. The molecule has 1 aromatic carbocycles. The van der Waals surface area contributed by atoms with Gasteiger partial charge in [-0.3, -0.25) is 19.2 Å². The molecule has 0 aromatic heterocycles. The number of benzene rings is 1. The number of rotatable bonds is 14. The van der Waals surface area contributed by atoms with Crippen LogP contribution in [0.4, 0.5) is 4.79 Å². The lowest BCUT2D eigenvalue weighted by atomic mass is 10.0. The molecule has 0 radical (unpaired) electrons. The molecule has 0 aliphatic rings. The van der Waals surface area contributed by atoms with Gasteiger partial charge in [0.2, 0.25) is 17.7 Å². The van der Waals surface area contributed by atoms with E-state index in [0.29, 0.717) is 12.0 Å². The molecule has 4 N–H and O–H groups in total. The molecular formula is C26H40N4O7. The highest BCUT2D eigenvalue weighted by Gasteiger charge is 2.36. The Morgan fingerprint density at radius 3 is 2.22 bits per heavy atom. The smallest absolute Gasteiger partial charge is 0.408 e.